The molecule has 3 amide bonds. The molecule has 1 fully saturated rings. The van der Waals surface area contributed by atoms with Gasteiger partial charge in [-0.25, -0.2) is 4.79 Å². The van der Waals surface area contributed by atoms with Crippen molar-refractivity contribution in [3.05, 3.63) is 23.8 Å². The molecule has 9 heteroatoms. The quantitative estimate of drug-likeness (QED) is 0.603. The lowest BCUT2D eigenvalue weighted by Gasteiger charge is -2.28. The number of carbonyl (C=O) groups is 3. The first-order valence-electron chi connectivity index (χ1n) is 10.2. The molecule has 9 nitrogen and oxygen atoms in total. The molecule has 0 aliphatic carbocycles. The van der Waals surface area contributed by atoms with Gasteiger partial charge in [-0.05, 0) is 44.9 Å². The highest BCUT2D eigenvalue weighted by molar-refractivity contribution is 5.92. The third-order valence-electron chi connectivity index (χ3n) is 5.20. The van der Waals surface area contributed by atoms with Crippen molar-refractivity contribution < 1.29 is 33.5 Å². The molecule has 2 rings (SSSR count). The van der Waals surface area contributed by atoms with Crippen molar-refractivity contribution in [1.29, 1.82) is 0 Å². The normalized spacial score (nSPS) is 16.7. The van der Waals surface area contributed by atoms with E-state index in [4.69, 9.17) is 14.2 Å². The van der Waals surface area contributed by atoms with Crippen molar-refractivity contribution in [3.8, 4) is 11.5 Å². The number of alkyl carbamates (subject to hydrolysis) is 1. The number of imide groups is 1. The summed E-state index contributed by atoms with van der Waals surface area (Å²) in [5.41, 5.74) is 0.917. The summed E-state index contributed by atoms with van der Waals surface area (Å²) in [5.74, 6) is 0.921. The fraction of sp³-hybridized carbons (Fsp3) is 0.571. The molecule has 1 saturated heterocycles. The van der Waals surface area contributed by atoms with Crippen molar-refractivity contribution in [1.82, 2.24) is 10.2 Å². The lowest BCUT2D eigenvalue weighted by atomic mass is 10.0. The molecule has 1 unspecified atom stereocenters. The molecule has 1 aliphatic rings. The summed E-state index contributed by atoms with van der Waals surface area (Å²) < 4.78 is 15.6. The second-order valence-electron chi connectivity index (χ2n) is 7.08. The Morgan fingerprint density at radius 2 is 1.93 bits per heavy atom. The highest BCUT2D eigenvalue weighted by Crippen LogP contribution is 2.38. The van der Waals surface area contributed by atoms with Crippen LogP contribution in [0.15, 0.2) is 18.2 Å². The first-order valence-corrected chi connectivity index (χ1v) is 10.2. The van der Waals surface area contributed by atoms with Crippen LogP contribution in [-0.2, 0) is 14.3 Å². The van der Waals surface area contributed by atoms with Crippen LogP contribution in [-0.4, -0.2) is 69.8 Å². The SMILES string of the molecule is CCOC(=O)NC(=O)C[NH+](CC)CC(=O)N1CCC[C@@H]1c1cc(OC)ccc1OC. The molecule has 1 heterocycles. The van der Waals surface area contributed by atoms with E-state index in [9.17, 15) is 14.4 Å². The average Bonchev–Trinajstić information content (AvgIpc) is 3.22. The Morgan fingerprint density at radius 3 is 2.57 bits per heavy atom. The van der Waals surface area contributed by atoms with Gasteiger partial charge in [0.25, 0.3) is 11.8 Å². The van der Waals surface area contributed by atoms with E-state index in [1.165, 1.54) is 0 Å². The maximum absolute atomic E-state index is 13.1. The zero-order valence-corrected chi connectivity index (χ0v) is 18.2. The van der Waals surface area contributed by atoms with E-state index in [0.717, 1.165) is 23.3 Å². The minimum absolute atomic E-state index is 0.0159. The van der Waals surface area contributed by atoms with E-state index in [1.54, 1.807) is 21.1 Å². The molecule has 2 atom stereocenters. The van der Waals surface area contributed by atoms with Gasteiger partial charge in [-0.1, -0.05) is 0 Å². The number of quaternary nitrogens is 1. The summed E-state index contributed by atoms with van der Waals surface area (Å²) in [5, 5.41) is 2.17. The number of likely N-dealkylation sites (N-methyl/N-ethyl adjacent to an activating group) is 1. The zero-order chi connectivity index (χ0) is 22.1. The maximum Gasteiger partial charge on any atom is 0.414 e. The Hall–Kier alpha value is -2.81. The van der Waals surface area contributed by atoms with Gasteiger partial charge in [0, 0.05) is 12.1 Å². The fourth-order valence-corrected chi connectivity index (χ4v) is 3.67. The van der Waals surface area contributed by atoms with Crippen LogP contribution in [0.3, 0.4) is 0 Å². The lowest BCUT2D eigenvalue weighted by Crippen LogP contribution is -3.14. The molecule has 0 saturated carbocycles. The minimum atomic E-state index is -0.769. The third-order valence-corrected chi connectivity index (χ3v) is 5.20. The molecule has 0 radical (unpaired) electrons. The second-order valence-corrected chi connectivity index (χ2v) is 7.08. The van der Waals surface area contributed by atoms with Crippen LogP contribution >= 0.6 is 0 Å². The molecule has 1 aromatic carbocycles. The number of benzene rings is 1. The van der Waals surface area contributed by atoms with E-state index in [1.807, 2.05) is 30.0 Å². The minimum Gasteiger partial charge on any atom is -0.497 e. The molecule has 0 aromatic heterocycles. The number of hydrogen-bond donors (Lipinski definition) is 2. The first-order chi connectivity index (χ1) is 14.4. The molecular weight excluding hydrogens is 390 g/mol. The fourth-order valence-electron chi connectivity index (χ4n) is 3.67. The summed E-state index contributed by atoms with van der Waals surface area (Å²) in [4.78, 5) is 39.1. The number of likely N-dealkylation sites (tertiary alicyclic amines) is 1. The highest BCUT2D eigenvalue weighted by Gasteiger charge is 2.34. The first kappa shape index (κ1) is 23.5. The van der Waals surface area contributed by atoms with Crippen LogP contribution in [0, 0.1) is 0 Å². The molecule has 0 bridgehead atoms. The highest BCUT2D eigenvalue weighted by atomic mass is 16.5. The standard InChI is InChI=1S/C21H31N3O6/c1-5-23(13-19(25)22-21(27)30-6-2)14-20(26)24-11-7-8-17(24)16-12-15(28-3)9-10-18(16)29-4/h9-10,12,17H,5-8,11,13-14H2,1-4H3,(H,22,25,27)/p+1/t17-/m1/s1. The van der Waals surface area contributed by atoms with Crippen LogP contribution in [0.25, 0.3) is 0 Å². The maximum atomic E-state index is 13.1. The monoisotopic (exact) mass is 422 g/mol. The summed E-state index contributed by atoms with van der Waals surface area (Å²) in [6.07, 6.45) is 0.954. The van der Waals surface area contributed by atoms with E-state index in [0.29, 0.717) is 24.6 Å². The van der Waals surface area contributed by atoms with Crippen molar-refractivity contribution in [2.24, 2.45) is 0 Å². The molecule has 2 N–H and O–H groups in total. The van der Waals surface area contributed by atoms with Gasteiger partial charge in [-0.2, -0.15) is 0 Å². The Kier molecular flexibility index (Phi) is 8.91. The number of rotatable bonds is 9. The molecule has 1 aliphatic heterocycles. The van der Waals surface area contributed by atoms with Crippen molar-refractivity contribution in [2.45, 2.75) is 32.7 Å². The van der Waals surface area contributed by atoms with Gasteiger partial charge in [0.1, 0.15) is 11.5 Å². The number of amides is 3. The number of nitrogens with zero attached hydrogens (tertiary/aromatic N) is 1. The predicted octanol–water partition coefficient (Wildman–Crippen LogP) is 0.545. The van der Waals surface area contributed by atoms with Crippen LogP contribution in [0.5, 0.6) is 11.5 Å². The van der Waals surface area contributed by atoms with Gasteiger partial charge in [0.2, 0.25) is 0 Å². The van der Waals surface area contributed by atoms with Gasteiger partial charge >= 0.3 is 6.09 Å². The van der Waals surface area contributed by atoms with Crippen molar-refractivity contribution in [3.63, 3.8) is 0 Å². The van der Waals surface area contributed by atoms with Gasteiger partial charge in [-0.3, -0.25) is 14.9 Å². The van der Waals surface area contributed by atoms with E-state index < -0.39 is 12.0 Å². The van der Waals surface area contributed by atoms with Crippen LogP contribution in [0.2, 0.25) is 0 Å². The number of carbonyl (C=O) groups excluding carboxylic acids is 3. The van der Waals surface area contributed by atoms with Crippen LogP contribution in [0.4, 0.5) is 4.79 Å². The van der Waals surface area contributed by atoms with Crippen LogP contribution in [0.1, 0.15) is 38.3 Å². The largest absolute Gasteiger partial charge is 0.497 e. The second kappa shape index (κ2) is 11.4. The predicted molar refractivity (Wildman–Crippen MR) is 110 cm³/mol. The van der Waals surface area contributed by atoms with E-state index in [-0.39, 0.29) is 31.6 Å². The number of ether oxygens (including phenoxy) is 3. The number of hydrogen-bond acceptors (Lipinski definition) is 6. The molecule has 1 aromatic rings. The van der Waals surface area contributed by atoms with E-state index >= 15 is 0 Å². The van der Waals surface area contributed by atoms with Crippen molar-refractivity contribution >= 4 is 17.9 Å². The Morgan fingerprint density at radius 1 is 1.17 bits per heavy atom. The molecule has 166 valence electrons. The zero-order valence-electron chi connectivity index (χ0n) is 18.2. The van der Waals surface area contributed by atoms with Gasteiger partial charge in [0.15, 0.2) is 13.1 Å². The summed E-state index contributed by atoms with van der Waals surface area (Å²) in [6, 6.07) is 5.48. The average molecular weight is 423 g/mol. The number of methoxy groups -OCH3 is 2. The van der Waals surface area contributed by atoms with Gasteiger partial charge in [0.05, 0.1) is 33.4 Å². The summed E-state index contributed by atoms with van der Waals surface area (Å²) in [6.45, 7) is 5.14. The Balaban J connectivity index is 2.06. The topological polar surface area (TPSA) is 98.6 Å². The number of nitrogens with one attached hydrogen (secondary N) is 2. The van der Waals surface area contributed by atoms with Gasteiger partial charge < -0.3 is 24.0 Å². The Bertz CT molecular complexity index is 754. The molecular formula is C21H32N3O6+. The lowest BCUT2D eigenvalue weighted by molar-refractivity contribution is -0.882. The Labute approximate surface area is 177 Å². The van der Waals surface area contributed by atoms with Crippen LogP contribution < -0.4 is 19.7 Å². The smallest absolute Gasteiger partial charge is 0.414 e. The molecule has 0 spiro atoms. The summed E-state index contributed by atoms with van der Waals surface area (Å²) in [7, 11) is 3.21. The third kappa shape index (κ3) is 6.09. The van der Waals surface area contributed by atoms with E-state index in [2.05, 4.69) is 5.32 Å². The summed E-state index contributed by atoms with van der Waals surface area (Å²) >= 11 is 0. The van der Waals surface area contributed by atoms with Crippen molar-refractivity contribution in [2.75, 3.05) is 47.0 Å². The molecule has 30 heavy (non-hydrogen) atoms. The van der Waals surface area contributed by atoms with Gasteiger partial charge in [-0.15, -0.1) is 0 Å².